The molecule has 0 saturated carbocycles. The quantitative estimate of drug-likeness (QED) is 0.732. The molecule has 0 radical (unpaired) electrons. The van der Waals surface area contributed by atoms with Gasteiger partial charge in [0, 0.05) is 30.3 Å². The minimum atomic E-state index is -0.816. The molecule has 0 bridgehead atoms. The molecule has 2 N–H and O–H groups in total. The van der Waals surface area contributed by atoms with Gasteiger partial charge >= 0.3 is 6.09 Å². The number of carbonyl (C=O) groups is 2. The number of cyclic esters (lactones) is 1. The van der Waals surface area contributed by atoms with E-state index in [9.17, 15) is 9.59 Å². The maximum absolute atomic E-state index is 12.9. The Morgan fingerprint density at radius 2 is 1.89 bits per heavy atom. The Hall–Kier alpha value is -2.34. The molecule has 1 heterocycles. The van der Waals surface area contributed by atoms with Crippen molar-refractivity contribution in [2.45, 2.75) is 37.8 Å². The number of halogens is 1. The Morgan fingerprint density at radius 3 is 2.48 bits per heavy atom. The smallest absolute Gasteiger partial charge is 0.411 e. The summed E-state index contributed by atoms with van der Waals surface area (Å²) in [6.45, 7) is 2.53. The molecule has 1 saturated heterocycles. The normalized spacial score (nSPS) is 20.8. The number of amides is 2. The van der Waals surface area contributed by atoms with E-state index in [2.05, 4.69) is 15.9 Å². The fraction of sp³-hybridized carbons (Fsp3) is 0.333. The summed E-state index contributed by atoms with van der Waals surface area (Å²) in [4.78, 5) is 26.0. The van der Waals surface area contributed by atoms with Crippen molar-refractivity contribution >= 4 is 27.9 Å². The van der Waals surface area contributed by atoms with Crippen LogP contribution in [-0.2, 0) is 15.1 Å². The summed E-state index contributed by atoms with van der Waals surface area (Å²) >= 11 is 3.43. The van der Waals surface area contributed by atoms with Gasteiger partial charge in [-0.3, -0.25) is 4.79 Å². The Labute approximate surface area is 167 Å². The predicted octanol–water partition coefficient (Wildman–Crippen LogP) is 4.51. The van der Waals surface area contributed by atoms with Crippen LogP contribution in [0.2, 0.25) is 0 Å². The molecule has 1 fully saturated rings. The van der Waals surface area contributed by atoms with Gasteiger partial charge in [0.05, 0.1) is 6.04 Å². The molecule has 5 nitrogen and oxygen atoms in total. The zero-order valence-corrected chi connectivity index (χ0v) is 16.8. The molecule has 0 unspecified atom stereocenters. The number of nitrogens with zero attached hydrogens (tertiary/aromatic N) is 1. The number of carbonyl (C=O) groups excluding carboxylic acids is 2. The van der Waals surface area contributed by atoms with Crippen molar-refractivity contribution in [2.75, 3.05) is 6.54 Å². The molecule has 2 aromatic rings. The molecule has 2 atom stereocenters. The number of nitrogens with two attached hydrogens (primary N) is 1. The van der Waals surface area contributed by atoms with Crippen LogP contribution in [0.5, 0.6) is 0 Å². The van der Waals surface area contributed by atoms with E-state index in [1.165, 1.54) is 0 Å². The maximum atomic E-state index is 12.9. The highest BCUT2D eigenvalue weighted by atomic mass is 79.9. The molecule has 3 rings (SSSR count). The summed E-state index contributed by atoms with van der Waals surface area (Å²) in [5.41, 5.74) is 6.47. The fourth-order valence-electron chi connectivity index (χ4n) is 3.53. The first-order valence-electron chi connectivity index (χ1n) is 9.00. The largest absolute Gasteiger partial charge is 0.438 e. The van der Waals surface area contributed by atoms with E-state index in [1.54, 1.807) is 4.90 Å². The van der Waals surface area contributed by atoms with Gasteiger partial charge in [0.2, 0.25) is 5.91 Å². The van der Waals surface area contributed by atoms with Crippen LogP contribution < -0.4 is 5.73 Å². The topological polar surface area (TPSA) is 72.6 Å². The Bertz CT molecular complexity index is 810. The third kappa shape index (κ3) is 4.33. The zero-order chi connectivity index (χ0) is 19.4. The van der Waals surface area contributed by atoms with Gasteiger partial charge in [0.15, 0.2) is 0 Å². The van der Waals surface area contributed by atoms with Crippen LogP contribution >= 0.6 is 15.9 Å². The van der Waals surface area contributed by atoms with Crippen LogP contribution in [0, 0.1) is 0 Å². The van der Waals surface area contributed by atoms with Gasteiger partial charge in [0.1, 0.15) is 5.60 Å². The number of primary amides is 1. The molecule has 1 aliphatic heterocycles. The molecule has 2 aromatic carbocycles. The molecule has 142 valence electrons. The summed E-state index contributed by atoms with van der Waals surface area (Å²) in [6, 6.07) is 17.4. The first-order valence-corrected chi connectivity index (χ1v) is 9.79. The Kier molecular flexibility index (Phi) is 5.85. The Balaban J connectivity index is 1.82. The highest BCUT2D eigenvalue weighted by Crippen LogP contribution is 2.40. The van der Waals surface area contributed by atoms with Crippen molar-refractivity contribution in [3.8, 4) is 0 Å². The molecule has 0 aliphatic carbocycles. The molecule has 27 heavy (non-hydrogen) atoms. The van der Waals surface area contributed by atoms with E-state index in [0.29, 0.717) is 19.4 Å². The highest BCUT2D eigenvalue weighted by molar-refractivity contribution is 9.10. The molecular formula is C21H23BrN2O3. The molecule has 1 aliphatic rings. The lowest BCUT2D eigenvalue weighted by Crippen LogP contribution is -2.49. The lowest BCUT2D eigenvalue weighted by Gasteiger charge is -2.43. The first kappa shape index (κ1) is 19.4. The molecule has 0 spiro atoms. The monoisotopic (exact) mass is 430 g/mol. The second kappa shape index (κ2) is 8.13. The summed E-state index contributed by atoms with van der Waals surface area (Å²) in [7, 11) is 0. The third-order valence-corrected chi connectivity index (χ3v) is 5.70. The standard InChI is InChI=1S/C21H23BrN2O3/c1-15(16-7-9-18(22)10-8-16)24-14-13-21(27-20(24)26,12-11-19(23)25)17-5-3-2-4-6-17/h2-10,15H,11-14H2,1H3,(H2,23,25)/t15-,21+/m0/s1. The Morgan fingerprint density at radius 1 is 1.22 bits per heavy atom. The third-order valence-electron chi connectivity index (χ3n) is 5.17. The lowest BCUT2D eigenvalue weighted by molar-refractivity contribution is -0.121. The molecule has 0 aromatic heterocycles. The zero-order valence-electron chi connectivity index (χ0n) is 15.2. The van der Waals surface area contributed by atoms with Crippen LogP contribution in [0.4, 0.5) is 4.79 Å². The number of hydrogen-bond acceptors (Lipinski definition) is 3. The van der Waals surface area contributed by atoms with Crippen LogP contribution in [0.1, 0.15) is 43.4 Å². The average Bonchev–Trinajstić information content (AvgIpc) is 2.67. The van der Waals surface area contributed by atoms with Gasteiger partial charge in [-0.15, -0.1) is 0 Å². The van der Waals surface area contributed by atoms with Crippen molar-refractivity contribution in [1.82, 2.24) is 4.90 Å². The van der Waals surface area contributed by atoms with E-state index in [-0.39, 0.29) is 18.6 Å². The summed E-state index contributed by atoms with van der Waals surface area (Å²) in [5.74, 6) is -0.396. The van der Waals surface area contributed by atoms with Gasteiger partial charge < -0.3 is 15.4 Å². The van der Waals surface area contributed by atoms with Crippen molar-refractivity contribution in [1.29, 1.82) is 0 Å². The number of benzene rings is 2. The summed E-state index contributed by atoms with van der Waals surface area (Å²) < 4.78 is 6.95. The van der Waals surface area contributed by atoms with Gasteiger partial charge in [-0.25, -0.2) is 4.79 Å². The van der Waals surface area contributed by atoms with Gasteiger partial charge in [-0.1, -0.05) is 58.4 Å². The number of ether oxygens (including phenoxy) is 1. The number of rotatable bonds is 6. The van der Waals surface area contributed by atoms with Crippen molar-refractivity contribution in [3.63, 3.8) is 0 Å². The van der Waals surface area contributed by atoms with Gasteiger partial charge in [0.25, 0.3) is 0 Å². The number of hydrogen-bond donors (Lipinski definition) is 1. The maximum Gasteiger partial charge on any atom is 0.411 e. The average molecular weight is 431 g/mol. The second-order valence-corrected chi connectivity index (χ2v) is 7.78. The SMILES string of the molecule is C[C@@H](c1ccc(Br)cc1)N1CC[C@](CCC(N)=O)(c2ccccc2)OC1=O. The molecule has 6 heteroatoms. The first-order chi connectivity index (χ1) is 12.9. The van der Waals surface area contributed by atoms with Gasteiger partial charge in [-0.05, 0) is 30.2 Å². The van der Waals surface area contributed by atoms with Crippen LogP contribution in [-0.4, -0.2) is 23.4 Å². The summed E-state index contributed by atoms with van der Waals surface area (Å²) in [6.07, 6.45) is 0.796. The highest BCUT2D eigenvalue weighted by Gasteiger charge is 2.43. The molecule has 2 amide bonds. The predicted molar refractivity (Wildman–Crippen MR) is 107 cm³/mol. The van der Waals surface area contributed by atoms with E-state index in [0.717, 1.165) is 15.6 Å². The summed E-state index contributed by atoms with van der Waals surface area (Å²) in [5, 5.41) is 0. The minimum Gasteiger partial charge on any atom is -0.438 e. The van der Waals surface area contributed by atoms with E-state index >= 15 is 0 Å². The lowest BCUT2D eigenvalue weighted by atomic mass is 9.84. The van der Waals surface area contributed by atoms with E-state index in [4.69, 9.17) is 10.5 Å². The van der Waals surface area contributed by atoms with Crippen LogP contribution in [0.3, 0.4) is 0 Å². The van der Waals surface area contributed by atoms with Crippen molar-refractivity contribution in [2.24, 2.45) is 5.73 Å². The molecular weight excluding hydrogens is 408 g/mol. The van der Waals surface area contributed by atoms with Crippen molar-refractivity contribution in [3.05, 3.63) is 70.2 Å². The van der Waals surface area contributed by atoms with E-state index in [1.807, 2.05) is 61.5 Å². The minimum absolute atomic E-state index is 0.101. The van der Waals surface area contributed by atoms with Crippen LogP contribution in [0.15, 0.2) is 59.1 Å². The van der Waals surface area contributed by atoms with Gasteiger partial charge in [-0.2, -0.15) is 0 Å². The van der Waals surface area contributed by atoms with Crippen LogP contribution in [0.25, 0.3) is 0 Å². The van der Waals surface area contributed by atoms with E-state index < -0.39 is 11.5 Å². The fourth-order valence-corrected chi connectivity index (χ4v) is 3.80. The second-order valence-electron chi connectivity index (χ2n) is 6.87. The van der Waals surface area contributed by atoms with Crippen molar-refractivity contribution < 1.29 is 14.3 Å².